The molecule has 118 valence electrons. The topological polar surface area (TPSA) is 105 Å². The van der Waals surface area contributed by atoms with Gasteiger partial charge < -0.3 is 10.2 Å². The fraction of sp³-hybridized carbons (Fsp3) is 0.176. The number of ketones is 1. The molecule has 0 aliphatic rings. The van der Waals surface area contributed by atoms with Crippen molar-refractivity contribution in [2.24, 2.45) is 0 Å². The maximum Gasteiger partial charge on any atom is 0.372 e. The van der Waals surface area contributed by atoms with Crippen LogP contribution in [0, 0.1) is 0 Å². The Hall–Kier alpha value is -3.02. The number of hydrogen-bond donors (Lipinski definition) is 2. The Bertz CT molecular complexity index is 720. The van der Waals surface area contributed by atoms with Crippen LogP contribution in [0.15, 0.2) is 42.6 Å². The first-order valence-corrected chi connectivity index (χ1v) is 6.98. The van der Waals surface area contributed by atoms with Gasteiger partial charge in [-0.3, -0.25) is 9.78 Å². The number of carboxylic acid groups (broad SMARTS) is 2. The smallest absolute Gasteiger partial charge is 0.372 e. The Kier molecular flexibility index (Phi) is 5.19. The molecule has 2 N–H and O–H groups in total. The van der Waals surface area contributed by atoms with Crippen molar-refractivity contribution in [3.05, 3.63) is 65.0 Å². The van der Waals surface area contributed by atoms with Gasteiger partial charge in [0.2, 0.25) is 5.78 Å². The molecule has 6 heteroatoms. The van der Waals surface area contributed by atoms with Gasteiger partial charge in [0.15, 0.2) is 0 Å². The second-order valence-electron chi connectivity index (χ2n) is 5.06. The minimum atomic E-state index is -1.46. The maximum absolute atomic E-state index is 11.1. The molecule has 0 bridgehead atoms. The van der Waals surface area contributed by atoms with Gasteiger partial charge in [-0.2, -0.15) is 0 Å². The van der Waals surface area contributed by atoms with Gasteiger partial charge in [0.25, 0.3) is 0 Å². The van der Waals surface area contributed by atoms with E-state index in [0.29, 0.717) is 12.1 Å². The number of nitrogens with zero attached hydrogens (tertiary/aromatic N) is 1. The minimum absolute atomic E-state index is 0.216. The molecule has 0 aliphatic heterocycles. The lowest BCUT2D eigenvalue weighted by molar-refractivity contribution is -0.148. The number of rotatable bonds is 7. The number of carbonyl (C=O) groups excluding carboxylic acids is 1. The van der Waals surface area contributed by atoms with E-state index in [1.807, 2.05) is 6.07 Å². The Morgan fingerprint density at radius 2 is 1.48 bits per heavy atom. The van der Waals surface area contributed by atoms with E-state index in [2.05, 4.69) is 4.98 Å². The minimum Gasteiger partial charge on any atom is -0.478 e. The van der Waals surface area contributed by atoms with E-state index in [9.17, 15) is 14.4 Å². The summed E-state index contributed by atoms with van der Waals surface area (Å²) in [6.45, 7) is 0. The zero-order valence-corrected chi connectivity index (χ0v) is 12.2. The third-order valence-electron chi connectivity index (χ3n) is 3.37. The van der Waals surface area contributed by atoms with Crippen LogP contribution in [-0.4, -0.2) is 32.9 Å². The predicted octanol–water partition coefficient (Wildman–Crippen LogP) is 1.76. The number of aromatic nitrogens is 1. The average Bonchev–Trinajstić information content (AvgIpc) is 2.54. The molecule has 0 saturated carbocycles. The van der Waals surface area contributed by atoms with Gasteiger partial charge in [-0.1, -0.05) is 18.2 Å². The second kappa shape index (κ2) is 7.31. The molecule has 0 saturated heterocycles. The first-order valence-electron chi connectivity index (χ1n) is 6.98. The van der Waals surface area contributed by atoms with Crippen LogP contribution in [0.25, 0.3) is 0 Å². The lowest BCUT2D eigenvalue weighted by Gasteiger charge is -2.04. The molecule has 0 fully saturated rings. The Morgan fingerprint density at radius 3 is 2.00 bits per heavy atom. The van der Waals surface area contributed by atoms with Gasteiger partial charge >= 0.3 is 11.9 Å². The van der Waals surface area contributed by atoms with Gasteiger partial charge in [-0.05, 0) is 42.2 Å². The Balaban J connectivity index is 1.92. The summed E-state index contributed by atoms with van der Waals surface area (Å²) in [5.74, 6) is -3.29. The summed E-state index contributed by atoms with van der Waals surface area (Å²) in [7, 11) is 0. The van der Waals surface area contributed by atoms with E-state index in [-0.39, 0.29) is 12.0 Å². The number of hydrogen-bond acceptors (Lipinski definition) is 4. The van der Waals surface area contributed by atoms with E-state index >= 15 is 0 Å². The van der Waals surface area contributed by atoms with Crippen molar-refractivity contribution in [1.82, 2.24) is 4.98 Å². The number of pyridine rings is 1. The van der Waals surface area contributed by atoms with E-state index in [4.69, 9.17) is 10.2 Å². The number of aliphatic carboxylic acids is 1. The highest BCUT2D eigenvalue weighted by Crippen LogP contribution is 2.10. The first kappa shape index (κ1) is 16.4. The highest BCUT2D eigenvalue weighted by atomic mass is 16.4. The van der Waals surface area contributed by atoms with Gasteiger partial charge in [0.05, 0.1) is 12.0 Å². The van der Waals surface area contributed by atoms with Gasteiger partial charge in [0, 0.05) is 11.9 Å². The molecule has 0 spiro atoms. The third-order valence-corrected chi connectivity index (χ3v) is 3.37. The molecule has 1 aromatic heterocycles. The van der Waals surface area contributed by atoms with Gasteiger partial charge in [-0.15, -0.1) is 0 Å². The highest BCUT2D eigenvalue weighted by Gasteiger charge is 2.12. The summed E-state index contributed by atoms with van der Waals surface area (Å²) in [6, 6.07) is 10.1. The molecule has 0 radical (unpaired) electrons. The van der Waals surface area contributed by atoms with E-state index < -0.39 is 17.7 Å². The van der Waals surface area contributed by atoms with E-state index in [1.54, 1.807) is 36.5 Å². The standard InChI is InChI=1S/C17H15NO5/c19-15(17(22)23)9-14-8-5-12(10-18-14)2-1-11-3-6-13(7-4-11)16(20)21/h3-8,10H,1-2,9H2,(H,20,21)(H,22,23). The number of carbonyl (C=O) groups is 3. The monoisotopic (exact) mass is 313 g/mol. The number of Topliss-reactive ketones (excluding diaryl/α,β-unsaturated/α-hetero) is 1. The maximum atomic E-state index is 11.1. The molecule has 23 heavy (non-hydrogen) atoms. The Labute approximate surface area is 132 Å². The van der Waals surface area contributed by atoms with Crippen LogP contribution < -0.4 is 0 Å². The molecule has 0 aliphatic carbocycles. The van der Waals surface area contributed by atoms with Crippen molar-refractivity contribution >= 4 is 17.7 Å². The average molecular weight is 313 g/mol. The van der Waals surface area contributed by atoms with Crippen molar-refractivity contribution < 1.29 is 24.6 Å². The molecule has 0 unspecified atom stereocenters. The predicted molar refractivity (Wildman–Crippen MR) is 81.4 cm³/mol. The molecule has 1 heterocycles. The zero-order chi connectivity index (χ0) is 16.8. The van der Waals surface area contributed by atoms with Crippen LogP contribution in [0.2, 0.25) is 0 Å². The molecule has 2 rings (SSSR count). The zero-order valence-electron chi connectivity index (χ0n) is 12.2. The second-order valence-corrected chi connectivity index (χ2v) is 5.06. The number of aromatic carboxylic acids is 1. The Morgan fingerprint density at radius 1 is 0.870 bits per heavy atom. The van der Waals surface area contributed by atoms with Crippen molar-refractivity contribution in [2.45, 2.75) is 19.3 Å². The molecule has 1 aromatic carbocycles. The largest absolute Gasteiger partial charge is 0.478 e. The quantitative estimate of drug-likeness (QED) is 0.755. The number of carboxylic acids is 2. The van der Waals surface area contributed by atoms with Gasteiger partial charge in [-0.25, -0.2) is 9.59 Å². The lowest BCUT2D eigenvalue weighted by Crippen LogP contribution is -2.15. The highest BCUT2D eigenvalue weighted by molar-refractivity contribution is 6.33. The summed E-state index contributed by atoms with van der Waals surface area (Å²) in [5.41, 5.74) is 2.65. The normalized spacial score (nSPS) is 10.3. The third kappa shape index (κ3) is 4.74. The fourth-order valence-electron chi connectivity index (χ4n) is 2.05. The molecule has 0 atom stereocenters. The van der Waals surface area contributed by atoms with Crippen molar-refractivity contribution in [3.63, 3.8) is 0 Å². The van der Waals surface area contributed by atoms with Crippen LogP contribution in [0.1, 0.15) is 27.2 Å². The molecular weight excluding hydrogens is 298 g/mol. The molecule has 2 aromatic rings. The van der Waals surface area contributed by atoms with Crippen LogP contribution in [0.5, 0.6) is 0 Å². The van der Waals surface area contributed by atoms with Crippen molar-refractivity contribution in [2.75, 3.05) is 0 Å². The van der Waals surface area contributed by atoms with Crippen molar-refractivity contribution in [1.29, 1.82) is 0 Å². The van der Waals surface area contributed by atoms with E-state index in [0.717, 1.165) is 17.5 Å². The van der Waals surface area contributed by atoms with Crippen molar-refractivity contribution in [3.8, 4) is 0 Å². The van der Waals surface area contributed by atoms with Crippen LogP contribution >= 0.6 is 0 Å². The van der Waals surface area contributed by atoms with Crippen LogP contribution in [0.4, 0.5) is 0 Å². The van der Waals surface area contributed by atoms with Crippen LogP contribution in [-0.2, 0) is 28.9 Å². The summed E-state index contributed by atoms with van der Waals surface area (Å²) >= 11 is 0. The molecular formula is C17H15NO5. The summed E-state index contributed by atoms with van der Waals surface area (Å²) in [6.07, 6.45) is 2.85. The molecule has 6 nitrogen and oxygen atoms in total. The first-order chi connectivity index (χ1) is 11.0. The fourth-order valence-corrected chi connectivity index (χ4v) is 2.05. The number of benzene rings is 1. The van der Waals surface area contributed by atoms with Crippen LogP contribution in [0.3, 0.4) is 0 Å². The number of aryl methyl sites for hydroxylation is 2. The van der Waals surface area contributed by atoms with Gasteiger partial charge in [0.1, 0.15) is 0 Å². The SMILES string of the molecule is O=C(O)C(=O)Cc1ccc(CCc2ccc(C(=O)O)cc2)cn1. The summed E-state index contributed by atoms with van der Waals surface area (Å²) in [5, 5.41) is 17.4. The summed E-state index contributed by atoms with van der Waals surface area (Å²) < 4.78 is 0. The summed E-state index contributed by atoms with van der Waals surface area (Å²) in [4.78, 5) is 36.4. The molecule has 0 amide bonds. The lowest BCUT2D eigenvalue weighted by atomic mass is 10.0. The van der Waals surface area contributed by atoms with E-state index in [1.165, 1.54) is 0 Å².